The molecule has 0 saturated carbocycles. The van der Waals surface area contributed by atoms with E-state index in [2.05, 4.69) is 21.9 Å². The van der Waals surface area contributed by atoms with Gasteiger partial charge in [-0.1, -0.05) is 5.92 Å². The normalized spacial score (nSPS) is 6.90. The third-order valence-electron chi connectivity index (χ3n) is 0.625. The van der Waals surface area contributed by atoms with Crippen LogP contribution in [0.5, 0.6) is 0 Å². The van der Waals surface area contributed by atoms with E-state index in [1.54, 1.807) is 0 Å². The van der Waals surface area contributed by atoms with Crippen molar-refractivity contribution in [1.82, 2.24) is 5.32 Å². The number of rotatable bonds is 2. The van der Waals surface area contributed by atoms with Gasteiger partial charge in [-0.05, 0) is 0 Å². The maximum absolute atomic E-state index is 10.3. The molecule has 0 aromatic carbocycles. The molecule has 10 heavy (non-hydrogen) atoms. The summed E-state index contributed by atoms with van der Waals surface area (Å²) in [5.74, 6) is 3.84. The Balaban J connectivity index is 3.48. The van der Waals surface area contributed by atoms with E-state index < -0.39 is 5.97 Å². The van der Waals surface area contributed by atoms with E-state index in [0.717, 1.165) is 0 Å². The average molecular weight is 140 g/mol. The molecule has 0 rings (SSSR count). The van der Waals surface area contributed by atoms with Crippen molar-refractivity contribution in [1.29, 1.82) is 0 Å². The highest BCUT2D eigenvalue weighted by Gasteiger charge is 1.86. The van der Waals surface area contributed by atoms with Gasteiger partial charge in [0.05, 0.1) is 13.7 Å². The Hall–Kier alpha value is -1.50. The summed E-state index contributed by atoms with van der Waals surface area (Å²) in [7, 11) is 1.23. The van der Waals surface area contributed by atoms with Gasteiger partial charge in [-0.3, -0.25) is 4.79 Å². The van der Waals surface area contributed by atoms with Gasteiger partial charge in [0.15, 0.2) is 0 Å². The molecule has 0 saturated heterocycles. The third kappa shape index (κ3) is 4.65. The average Bonchev–Trinajstić information content (AvgIpc) is 1.98. The molecule has 0 bridgehead atoms. The molecule has 1 radical (unpaired) electrons. The summed E-state index contributed by atoms with van der Waals surface area (Å²) in [4.78, 5) is 19.8. The zero-order valence-corrected chi connectivity index (χ0v) is 5.43. The highest BCUT2D eigenvalue weighted by atomic mass is 16.5. The maximum Gasteiger partial charge on any atom is 0.384 e. The number of methoxy groups -OCH3 is 1. The van der Waals surface area contributed by atoms with Crippen molar-refractivity contribution in [2.75, 3.05) is 13.7 Å². The highest BCUT2D eigenvalue weighted by Crippen LogP contribution is 1.65. The summed E-state index contributed by atoms with van der Waals surface area (Å²) >= 11 is 0. The Labute approximate surface area is 58.5 Å². The number of carbonyl (C=O) groups excluding carboxylic acids is 2. The van der Waals surface area contributed by atoms with Crippen molar-refractivity contribution in [3.63, 3.8) is 0 Å². The summed E-state index contributed by atoms with van der Waals surface area (Å²) in [5, 5.41) is 2.14. The summed E-state index contributed by atoms with van der Waals surface area (Å²) in [6.07, 6.45) is 1.40. The van der Waals surface area contributed by atoms with Gasteiger partial charge >= 0.3 is 12.4 Å². The van der Waals surface area contributed by atoms with Gasteiger partial charge in [0, 0.05) is 5.92 Å². The lowest BCUT2D eigenvalue weighted by Gasteiger charge is -1.84. The molecule has 0 spiro atoms. The zero-order chi connectivity index (χ0) is 7.82. The van der Waals surface area contributed by atoms with Crippen molar-refractivity contribution >= 4 is 12.4 Å². The number of carbonyl (C=O) groups is 1. The number of hydrogen-bond donors (Lipinski definition) is 1. The van der Waals surface area contributed by atoms with E-state index in [4.69, 9.17) is 0 Å². The van der Waals surface area contributed by atoms with E-state index in [0.29, 0.717) is 0 Å². The van der Waals surface area contributed by atoms with Crippen LogP contribution in [0.2, 0.25) is 0 Å². The fraction of sp³-hybridized carbons (Fsp3) is 0.333. The topological polar surface area (TPSA) is 55.4 Å². The highest BCUT2D eigenvalue weighted by molar-refractivity contribution is 5.88. The number of amides is 1. The molecular weight excluding hydrogens is 134 g/mol. The Bertz CT molecular complexity index is 177. The lowest BCUT2D eigenvalue weighted by atomic mass is 10.5. The summed E-state index contributed by atoms with van der Waals surface area (Å²) in [6, 6.07) is 0. The number of hydrogen-bond acceptors (Lipinski definition) is 3. The van der Waals surface area contributed by atoms with Crippen LogP contribution in [0.1, 0.15) is 0 Å². The van der Waals surface area contributed by atoms with Crippen molar-refractivity contribution in [2.24, 2.45) is 0 Å². The van der Waals surface area contributed by atoms with Crippen LogP contribution in [0.25, 0.3) is 0 Å². The fourth-order valence-electron chi connectivity index (χ4n) is 0.248. The smallest absolute Gasteiger partial charge is 0.384 e. The molecule has 0 heterocycles. The lowest BCUT2D eigenvalue weighted by molar-refractivity contribution is -0.133. The number of nitrogens with one attached hydrogen (secondary N) is 1. The van der Waals surface area contributed by atoms with Gasteiger partial charge in [-0.2, -0.15) is 0 Å². The van der Waals surface area contributed by atoms with Crippen molar-refractivity contribution in [2.45, 2.75) is 0 Å². The van der Waals surface area contributed by atoms with Crippen LogP contribution in [0.15, 0.2) is 0 Å². The van der Waals surface area contributed by atoms with E-state index in [1.807, 2.05) is 0 Å². The van der Waals surface area contributed by atoms with E-state index in [-0.39, 0.29) is 6.54 Å². The first-order valence-corrected chi connectivity index (χ1v) is 2.48. The van der Waals surface area contributed by atoms with Crippen LogP contribution < -0.4 is 5.32 Å². The van der Waals surface area contributed by atoms with Crippen LogP contribution in [0, 0.1) is 11.8 Å². The predicted molar refractivity (Wildman–Crippen MR) is 33.5 cm³/mol. The summed E-state index contributed by atoms with van der Waals surface area (Å²) in [5.41, 5.74) is 0. The summed E-state index contributed by atoms with van der Waals surface area (Å²) < 4.78 is 4.19. The van der Waals surface area contributed by atoms with E-state index in [9.17, 15) is 9.59 Å². The molecule has 53 valence electrons. The molecule has 4 heteroatoms. The molecule has 0 aliphatic rings. The van der Waals surface area contributed by atoms with Gasteiger partial charge in [0.25, 0.3) is 0 Å². The van der Waals surface area contributed by atoms with Gasteiger partial charge in [0.2, 0.25) is 0 Å². The Morgan fingerprint density at radius 3 is 2.90 bits per heavy atom. The molecule has 4 nitrogen and oxygen atoms in total. The van der Waals surface area contributed by atoms with Crippen molar-refractivity contribution in [3.8, 4) is 11.8 Å². The minimum atomic E-state index is -0.618. The Morgan fingerprint density at radius 2 is 2.40 bits per heavy atom. The molecule has 0 aromatic rings. The monoisotopic (exact) mass is 140 g/mol. The maximum atomic E-state index is 10.3. The van der Waals surface area contributed by atoms with Crippen molar-refractivity contribution in [3.05, 3.63) is 0 Å². The predicted octanol–water partition coefficient (Wildman–Crippen LogP) is -1.18. The molecule has 0 atom stereocenters. The number of ether oxygens (including phenoxy) is 1. The largest absolute Gasteiger partial charge is 0.459 e. The molecule has 0 fully saturated rings. The van der Waals surface area contributed by atoms with Crippen LogP contribution in [-0.2, 0) is 14.3 Å². The molecular formula is C6H6NO3. The molecule has 1 N–H and O–H groups in total. The van der Waals surface area contributed by atoms with E-state index in [1.165, 1.54) is 13.5 Å². The van der Waals surface area contributed by atoms with Gasteiger partial charge in [-0.15, -0.1) is 0 Å². The fourth-order valence-corrected chi connectivity index (χ4v) is 0.248. The first kappa shape index (κ1) is 8.50. The quantitative estimate of drug-likeness (QED) is 0.173. The second-order valence-corrected chi connectivity index (χ2v) is 1.25. The lowest BCUT2D eigenvalue weighted by Crippen LogP contribution is -2.10. The molecule has 0 aliphatic carbocycles. The van der Waals surface area contributed by atoms with Crippen LogP contribution in [-0.4, -0.2) is 26.0 Å². The van der Waals surface area contributed by atoms with Crippen LogP contribution in [0.4, 0.5) is 0 Å². The van der Waals surface area contributed by atoms with E-state index >= 15 is 0 Å². The third-order valence-corrected chi connectivity index (χ3v) is 0.625. The SMILES string of the molecule is COC(=O)C#CCN[C]=O. The second kappa shape index (κ2) is 5.63. The first-order chi connectivity index (χ1) is 4.81. The standard InChI is InChI=1S/C6H6NO3/c1-10-6(9)3-2-4-7-5-8/h4H2,1H3,(H,7,8). The molecule has 1 amide bonds. The summed E-state index contributed by atoms with van der Waals surface area (Å²) in [6.45, 7) is 0.110. The van der Waals surface area contributed by atoms with Crippen LogP contribution >= 0.6 is 0 Å². The Kier molecular flexibility index (Phi) is 4.79. The second-order valence-electron chi connectivity index (χ2n) is 1.25. The van der Waals surface area contributed by atoms with Crippen LogP contribution in [0.3, 0.4) is 0 Å². The first-order valence-electron chi connectivity index (χ1n) is 2.48. The zero-order valence-electron chi connectivity index (χ0n) is 5.43. The minimum absolute atomic E-state index is 0.110. The molecule has 0 aromatic heterocycles. The van der Waals surface area contributed by atoms with Gasteiger partial charge in [0.1, 0.15) is 0 Å². The van der Waals surface area contributed by atoms with Gasteiger partial charge in [-0.25, -0.2) is 4.79 Å². The molecule has 0 unspecified atom stereocenters. The number of esters is 1. The minimum Gasteiger partial charge on any atom is -0.459 e. The Morgan fingerprint density at radius 1 is 1.70 bits per heavy atom. The molecule has 0 aliphatic heterocycles. The van der Waals surface area contributed by atoms with Gasteiger partial charge < -0.3 is 10.1 Å². The van der Waals surface area contributed by atoms with Crippen molar-refractivity contribution < 1.29 is 14.3 Å².